The molecule has 1 aliphatic rings. The topological polar surface area (TPSA) is 59.6 Å². The van der Waals surface area contributed by atoms with Crippen molar-refractivity contribution in [1.82, 2.24) is 10.6 Å². The molecule has 0 spiro atoms. The average Bonchev–Trinajstić information content (AvgIpc) is 2.85. The van der Waals surface area contributed by atoms with E-state index in [4.69, 9.17) is 21.1 Å². The monoisotopic (exact) mass is 330 g/mol. The van der Waals surface area contributed by atoms with Crippen molar-refractivity contribution in [3.63, 3.8) is 0 Å². The maximum atomic E-state index is 13.8. The Morgan fingerprint density at radius 1 is 1.45 bits per heavy atom. The van der Waals surface area contributed by atoms with E-state index in [0.29, 0.717) is 26.2 Å². The third kappa shape index (κ3) is 4.32. The Morgan fingerprint density at radius 2 is 2.14 bits per heavy atom. The molecule has 0 bridgehead atoms. The highest BCUT2D eigenvalue weighted by molar-refractivity contribution is 6.31. The van der Waals surface area contributed by atoms with Gasteiger partial charge in [-0.15, -0.1) is 0 Å². The zero-order chi connectivity index (χ0) is 16.2. The van der Waals surface area contributed by atoms with Crippen LogP contribution in [0, 0.1) is 5.82 Å². The van der Waals surface area contributed by atoms with E-state index in [1.807, 2.05) is 6.92 Å². The maximum Gasteiger partial charge on any atom is 0.315 e. The summed E-state index contributed by atoms with van der Waals surface area (Å²) >= 11 is 5.97. The van der Waals surface area contributed by atoms with Gasteiger partial charge < -0.3 is 20.1 Å². The third-order valence-corrected chi connectivity index (χ3v) is 3.87. The number of carbonyl (C=O) groups excluding carboxylic acids is 1. The summed E-state index contributed by atoms with van der Waals surface area (Å²) in [5.41, 5.74) is 0.272. The van der Waals surface area contributed by atoms with Crippen LogP contribution in [-0.2, 0) is 9.47 Å². The molecule has 1 saturated heterocycles. The Bertz CT molecular complexity index is 515. The van der Waals surface area contributed by atoms with E-state index in [-0.39, 0.29) is 10.6 Å². The minimum atomic E-state index is -0.645. The molecule has 22 heavy (non-hydrogen) atoms. The molecule has 0 aliphatic carbocycles. The van der Waals surface area contributed by atoms with Crippen LogP contribution in [0.5, 0.6) is 0 Å². The molecule has 2 N–H and O–H groups in total. The Hall–Kier alpha value is -1.37. The molecule has 1 aliphatic heterocycles. The number of halogens is 2. The zero-order valence-electron chi connectivity index (χ0n) is 12.6. The molecule has 0 saturated carbocycles. The van der Waals surface area contributed by atoms with Gasteiger partial charge in [-0.25, -0.2) is 9.18 Å². The van der Waals surface area contributed by atoms with Gasteiger partial charge in [0.05, 0.1) is 19.3 Å². The number of hydrogen-bond acceptors (Lipinski definition) is 3. The predicted octanol–water partition coefficient (Wildman–Crippen LogP) is 2.99. The highest BCUT2D eigenvalue weighted by Gasteiger charge is 2.30. The molecule has 1 aromatic rings. The fourth-order valence-corrected chi connectivity index (χ4v) is 2.68. The van der Waals surface area contributed by atoms with Gasteiger partial charge in [0.25, 0.3) is 0 Å². The van der Waals surface area contributed by atoms with Crippen LogP contribution >= 0.6 is 11.6 Å². The van der Waals surface area contributed by atoms with Crippen LogP contribution < -0.4 is 10.6 Å². The molecule has 1 heterocycles. The van der Waals surface area contributed by atoms with Crippen LogP contribution in [0.3, 0.4) is 0 Å². The summed E-state index contributed by atoms with van der Waals surface area (Å²) in [6.07, 6.45) is 0.537. The van der Waals surface area contributed by atoms with Crippen molar-refractivity contribution in [2.45, 2.75) is 32.1 Å². The third-order valence-electron chi connectivity index (χ3n) is 3.54. The zero-order valence-corrected chi connectivity index (χ0v) is 13.4. The Morgan fingerprint density at radius 3 is 2.77 bits per heavy atom. The summed E-state index contributed by atoms with van der Waals surface area (Å²) in [6, 6.07) is 3.49. The maximum absolute atomic E-state index is 13.8. The number of hydrogen-bond donors (Lipinski definition) is 2. The van der Waals surface area contributed by atoms with Crippen molar-refractivity contribution >= 4 is 17.6 Å². The summed E-state index contributed by atoms with van der Waals surface area (Å²) in [5, 5.41) is 5.64. The van der Waals surface area contributed by atoms with E-state index >= 15 is 0 Å². The molecule has 0 aromatic heterocycles. The van der Waals surface area contributed by atoms with E-state index in [0.717, 1.165) is 0 Å². The largest absolute Gasteiger partial charge is 0.348 e. The van der Waals surface area contributed by atoms with Crippen LogP contribution in [0.2, 0.25) is 5.02 Å². The van der Waals surface area contributed by atoms with E-state index in [1.165, 1.54) is 12.1 Å². The SMILES string of the molecule is C[C@@H](NC(=O)NCCC1(C)OCCO1)c1c(F)cccc1Cl. The predicted molar refractivity (Wildman–Crippen MR) is 81.3 cm³/mol. The summed E-state index contributed by atoms with van der Waals surface area (Å²) in [7, 11) is 0. The van der Waals surface area contributed by atoms with Gasteiger partial charge in [-0.1, -0.05) is 17.7 Å². The molecule has 1 atom stereocenters. The van der Waals surface area contributed by atoms with Gasteiger partial charge in [0.2, 0.25) is 0 Å². The van der Waals surface area contributed by atoms with E-state index in [2.05, 4.69) is 10.6 Å². The van der Waals surface area contributed by atoms with Crippen molar-refractivity contribution in [3.8, 4) is 0 Å². The second-order valence-electron chi connectivity index (χ2n) is 5.34. The van der Waals surface area contributed by atoms with Crippen molar-refractivity contribution in [1.29, 1.82) is 0 Å². The first-order valence-electron chi connectivity index (χ1n) is 7.17. The van der Waals surface area contributed by atoms with Crippen molar-refractivity contribution in [2.24, 2.45) is 0 Å². The fraction of sp³-hybridized carbons (Fsp3) is 0.533. The molecule has 1 fully saturated rings. The second kappa shape index (κ2) is 7.26. The smallest absolute Gasteiger partial charge is 0.315 e. The van der Waals surface area contributed by atoms with Crippen molar-refractivity contribution < 1.29 is 18.7 Å². The van der Waals surface area contributed by atoms with Crippen LogP contribution in [-0.4, -0.2) is 31.6 Å². The quantitative estimate of drug-likeness (QED) is 0.872. The standard InChI is InChI=1S/C15H20ClFN2O3/c1-10(13-11(16)4-3-5-12(13)17)19-14(20)18-7-6-15(2)21-8-9-22-15/h3-5,10H,6-9H2,1-2H3,(H2,18,19,20)/t10-/m1/s1. The molecule has 0 radical (unpaired) electrons. The molecule has 2 amide bonds. The Balaban J connectivity index is 1.81. The minimum absolute atomic E-state index is 0.272. The number of rotatable bonds is 5. The lowest BCUT2D eigenvalue weighted by Crippen LogP contribution is -2.40. The first-order valence-corrected chi connectivity index (χ1v) is 7.55. The van der Waals surface area contributed by atoms with Gasteiger partial charge in [-0.2, -0.15) is 0 Å². The van der Waals surface area contributed by atoms with Gasteiger partial charge in [0.15, 0.2) is 5.79 Å². The minimum Gasteiger partial charge on any atom is -0.348 e. The second-order valence-corrected chi connectivity index (χ2v) is 5.75. The molecular weight excluding hydrogens is 311 g/mol. The summed E-state index contributed by atoms with van der Waals surface area (Å²) in [4.78, 5) is 11.9. The van der Waals surface area contributed by atoms with Crippen LogP contribution in [0.25, 0.3) is 0 Å². The Labute approximate surface area is 134 Å². The molecule has 7 heteroatoms. The van der Waals surface area contributed by atoms with Crippen LogP contribution in [0.15, 0.2) is 18.2 Å². The number of carbonyl (C=O) groups is 1. The normalized spacial score (nSPS) is 18.0. The Kier molecular flexibility index (Phi) is 5.61. The lowest BCUT2D eigenvalue weighted by atomic mass is 10.1. The van der Waals surface area contributed by atoms with Crippen LogP contribution in [0.4, 0.5) is 9.18 Å². The first kappa shape index (κ1) is 17.0. The molecule has 5 nitrogen and oxygen atoms in total. The number of benzene rings is 1. The van der Waals surface area contributed by atoms with E-state index < -0.39 is 23.7 Å². The van der Waals surface area contributed by atoms with Gasteiger partial charge in [0.1, 0.15) is 5.82 Å². The number of nitrogens with one attached hydrogen (secondary N) is 2. The lowest BCUT2D eigenvalue weighted by molar-refractivity contribution is -0.145. The highest BCUT2D eigenvalue weighted by atomic mass is 35.5. The summed E-state index contributed by atoms with van der Waals surface area (Å²) < 4.78 is 24.7. The van der Waals surface area contributed by atoms with Gasteiger partial charge in [-0.05, 0) is 26.0 Å². The van der Waals surface area contributed by atoms with Gasteiger partial charge >= 0.3 is 6.03 Å². The van der Waals surface area contributed by atoms with E-state index in [1.54, 1.807) is 13.0 Å². The molecule has 122 valence electrons. The number of ether oxygens (including phenoxy) is 2. The average molecular weight is 331 g/mol. The number of amides is 2. The lowest BCUT2D eigenvalue weighted by Gasteiger charge is -2.22. The van der Waals surface area contributed by atoms with Gasteiger partial charge in [-0.3, -0.25) is 0 Å². The van der Waals surface area contributed by atoms with Gasteiger partial charge in [0, 0.05) is 23.6 Å². The molecule has 0 unspecified atom stereocenters. The molecule has 1 aromatic carbocycles. The summed E-state index contributed by atoms with van der Waals surface area (Å²) in [5.74, 6) is -1.09. The highest BCUT2D eigenvalue weighted by Crippen LogP contribution is 2.25. The summed E-state index contributed by atoms with van der Waals surface area (Å²) in [6.45, 7) is 5.02. The fourth-order valence-electron chi connectivity index (χ4n) is 2.35. The number of urea groups is 1. The molecular formula is C15H20ClFN2O3. The molecule has 2 rings (SSSR count). The van der Waals surface area contributed by atoms with Crippen molar-refractivity contribution in [2.75, 3.05) is 19.8 Å². The van der Waals surface area contributed by atoms with E-state index in [9.17, 15) is 9.18 Å². The van der Waals surface area contributed by atoms with Crippen LogP contribution in [0.1, 0.15) is 31.9 Å². The first-order chi connectivity index (χ1) is 10.4. The van der Waals surface area contributed by atoms with Crippen molar-refractivity contribution in [3.05, 3.63) is 34.6 Å².